The number of hydrogen-bond acceptors (Lipinski definition) is 3. The van der Waals surface area contributed by atoms with Crippen LogP contribution in [0.3, 0.4) is 0 Å². The zero-order valence-electron chi connectivity index (χ0n) is 13.4. The quantitative estimate of drug-likeness (QED) is 0.812. The van der Waals surface area contributed by atoms with E-state index in [1.807, 2.05) is 51.2 Å². The van der Waals surface area contributed by atoms with Crippen molar-refractivity contribution in [3.63, 3.8) is 0 Å². The smallest absolute Gasteiger partial charge is 0.236 e. The molecule has 4 heteroatoms. The molecule has 0 aromatic heterocycles. The third kappa shape index (κ3) is 1.62. The number of nitrogens with one attached hydrogen (secondary N) is 1. The minimum Gasteiger partial charge on any atom is -0.378 e. The average molecular weight is 303 g/mol. The first-order valence-corrected chi connectivity index (χ1v) is 7.68. The molecule has 0 spiro atoms. The van der Waals surface area contributed by atoms with E-state index in [-0.39, 0.29) is 5.91 Å². The Bertz CT molecular complexity index is 947. The van der Waals surface area contributed by atoms with Gasteiger partial charge in [-0.15, -0.1) is 0 Å². The molecule has 1 amide bonds. The van der Waals surface area contributed by atoms with Gasteiger partial charge in [0.15, 0.2) is 0 Å². The fourth-order valence-corrected chi connectivity index (χ4v) is 3.90. The second-order valence-electron chi connectivity index (χ2n) is 6.67. The van der Waals surface area contributed by atoms with Gasteiger partial charge >= 0.3 is 0 Å². The summed E-state index contributed by atoms with van der Waals surface area (Å²) in [5.74, 6) is 0.128. The van der Waals surface area contributed by atoms with Crippen molar-refractivity contribution in [2.24, 2.45) is 5.41 Å². The van der Waals surface area contributed by atoms with Crippen LogP contribution < -0.4 is 5.32 Å². The number of fused-ring (bicyclic) bond motifs is 4. The van der Waals surface area contributed by atoms with Crippen molar-refractivity contribution in [1.82, 2.24) is 4.90 Å². The van der Waals surface area contributed by atoms with Crippen LogP contribution in [0.4, 0.5) is 5.69 Å². The number of anilines is 1. The Morgan fingerprint density at radius 3 is 2.74 bits per heavy atom. The highest BCUT2D eigenvalue weighted by Gasteiger charge is 2.46. The normalized spacial score (nSPS) is 18.5. The first kappa shape index (κ1) is 13.8. The van der Waals surface area contributed by atoms with Gasteiger partial charge in [0.05, 0.1) is 29.3 Å². The fourth-order valence-electron chi connectivity index (χ4n) is 3.90. The number of hydrogen-bond donors (Lipinski definition) is 1. The number of carbonyl (C=O) groups excluding carboxylic acids is 1. The molecule has 4 rings (SSSR count). The predicted octanol–water partition coefficient (Wildman–Crippen LogP) is 3.35. The first-order chi connectivity index (χ1) is 11.0. The van der Waals surface area contributed by atoms with Crippen LogP contribution in [0.1, 0.15) is 25.0 Å². The van der Waals surface area contributed by atoms with Crippen molar-refractivity contribution in [1.29, 1.82) is 5.26 Å². The third-order valence-corrected chi connectivity index (χ3v) is 5.04. The third-order valence-electron chi connectivity index (χ3n) is 5.04. The molecule has 0 aliphatic carbocycles. The summed E-state index contributed by atoms with van der Waals surface area (Å²) in [6.07, 6.45) is 0. The second kappa shape index (κ2) is 4.36. The van der Waals surface area contributed by atoms with E-state index in [9.17, 15) is 10.1 Å². The summed E-state index contributed by atoms with van der Waals surface area (Å²) in [5.41, 5.74) is 4.38. The summed E-state index contributed by atoms with van der Waals surface area (Å²) in [4.78, 5) is 14.3. The van der Waals surface area contributed by atoms with Crippen LogP contribution in [-0.2, 0) is 4.79 Å². The molecule has 0 radical (unpaired) electrons. The molecule has 2 heterocycles. The van der Waals surface area contributed by atoms with Gasteiger partial charge in [-0.05, 0) is 25.5 Å². The SMILES string of the molecule is CN1C(=O)C(C)(C)C2=C1CNc1c2ccc2c(C#N)cccc12. The van der Waals surface area contributed by atoms with Gasteiger partial charge in [0, 0.05) is 29.1 Å². The maximum Gasteiger partial charge on any atom is 0.236 e. The molecule has 0 fully saturated rings. The summed E-state index contributed by atoms with van der Waals surface area (Å²) in [5, 5.41) is 14.7. The molecular formula is C19H17N3O. The van der Waals surface area contributed by atoms with Gasteiger partial charge in [-0.1, -0.05) is 24.3 Å². The highest BCUT2D eigenvalue weighted by molar-refractivity contribution is 6.10. The van der Waals surface area contributed by atoms with E-state index in [4.69, 9.17) is 0 Å². The molecule has 0 unspecified atom stereocenters. The van der Waals surface area contributed by atoms with Crippen molar-refractivity contribution in [3.8, 4) is 6.07 Å². The molecule has 2 aromatic rings. The lowest BCUT2D eigenvalue weighted by molar-refractivity contribution is -0.132. The molecule has 4 nitrogen and oxygen atoms in total. The molecular weight excluding hydrogens is 286 g/mol. The number of carbonyl (C=O) groups is 1. The number of amides is 1. The Morgan fingerprint density at radius 1 is 1.22 bits per heavy atom. The Labute approximate surface area is 135 Å². The number of benzene rings is 2. The lowest BCUT2D eigenvalue weighted by Crippen LogP contribution is -2.30. The Balaban J connectivity index is 2.05. The van der Waals surface area contributed by atoms with Crippen LogP contribution >= 0.6 is 0 Å². The molecule has 114 valence electrons. The number of likely N-dealkylation sites (N-methyl/N-ethyl adjacent to an activating group) is 1. The van der Waals surface area contributed by atoms with E-state index < -0.39 is 5.41 Å². The Morgan fingerprint density at radius 2 is 2.00 bits per heavy atom. The van der Waals surface area contributed by atoms with Crippen molar-refractivity contribution < 1.29 is 4.79 Å². The zero-order valence-corrected chi connectivity index (χ0v) is 13.4. The van der Waals surface area contributed by atoms with Gasteiger partial charge in [-0.3, -0.25) is 4.79 Å². The van der Waals surface area contributed by atoms with Crippen LogP contribution in [0, 0.1) is 16.7 Å². The van der Waals surface area contributed by atoms with Crippen molar-refractivity contribution in [3.05, 3.63) is 47.2 Å². The van der Waals surface area contributed by atoms with E-state index in [1.54, 1.807) is 4.90 Å². The van der Waals surface area contributed by atoms with E-state index in [1.165, 1.54) is 0 Å². The standard InChI is InChI=1S/C19H17N3O/c1-19(2)16-14-8-7-12-11(9-20)5-4-6-13(12)17(14)21-10-15(16)22(3)18(19)23/h4-8,21H,10H2,1-3H3. The minimum absolute atomic E-state index is 0.128. The summed E-state index contributed by atoms with van der Waals surface area (Å²) < 4.78 is 0. The molecule has 0 atom stereocenters. The maximum atomic E-state index is 12.6. The van der Waals surface area contributed by atoms with Crippen LogP contribution in [-0.4, -0.2) is 24.4 Å². The maximum absolute atomic E-state index is 12.6. The Hall–Kier alpha value is -2.80. The minimum atomic E-state index is -0.526. The van der Waals surface area contributed by atoms with Crippen LogP contribution in [0.25, 0.3) is 16.3 Å². The van der Waals surface area contributed by atoms with Gasteiger partial charge in [-0.25, -0.2) is 0 Å². The Kier molecular flexibility index (Phi) is 2.62. The summed E-state index contributed by atoms with van der Waals surface area (Å²) in [6, 6.07) is 12.0. The molecule has 23 heavy (non-hydrogen) atoms. The molecule has 2 aliphatic heterocycles. The van der Waals surface area contributed by atoms with Crippen molar-refractivity contribution >= 4 is 27.9 Å². The lowest BCUT2D eigenvalue weighted by Gasteiger charge is -2.27. The summed E-state index contributed by atoms with van der Waals surface area (Å²) >= 11 is 0. The monoisotopic (exact) mass is 303 g/mol. The van der Waals surface area contributed by atoms with Crippen molar-refractivity contribution in [2.45, 2.75) is 13.8 Å². The van der Waals surface area contributed by atoms with Gasteiger partial charge in [0.25, 0.3) is 0 Å². The van der Waals surface area contributed by atoms with Gasteiger partial charge in [0.1, 0.15) is 0 Å². The molecule has 0 bridgehead atoms. The topological polar surface area (TPSA) is 56.1 Å². The predicted molar refractivity (Wildman–Crippen MR) is 90.6 cm³/mol. The van der Waals surface area contributed by atoms with Crippen LogP contribution in [0.5, 0.6) is 0 Å². The molecule has 2 aromatic carbocycles. The summed E-state index contributed by atoms with van der Waals surface area (Å²) in [6.45, 7) is 4.60. The van der Waals surface area contributed by atoms with Gasteiger partial charge in [-0.2, -0.15) is 5.26 Å². The van der Waals surface area contributed by atoms with Crippen molar-refractivity contribution in [2.75, 3.05) is 18.9 Å². The molecule has 2 aliphatic rings. The van der Waals surface area contributed by atoms with Crippen LogP contribution in [0.2, 0.25) is 0 Å². The van der Waals surface area contributed by atoms with Gasteiger partial charge < -0.3 is 10.2 Å². The highest BCUT2D eigenvalue weighted by Crippen LogP contribution is 2.50. The highest BCUT2D eigenvalue weighted by atomic mass is 16.2. The largest absolute Gasteiger partial charge is 0.378 e. The van der Waals surface area contributed by atoms with E-state index in [0.29, 0.717) is 12.1 Å². The van der Waals surface area contributed by atoms with E-state index in [2.05, 4.69) is 11.4 Å². The van der Waals surface area contributed by atoms with E-state index >= 15 is 0 Å². The van der Waals surface area contributed by atoms with Gasteiger partial charge in [0.2, 0.25) is 5.91 Å². The lowest BCUT2D eigenvalue weighted by atomic mass is 9.78. The van der Waals surface area contributed by atoms with E-state index in [0.717, 1.165) is 33.3 Å². The van der Waals surface area contributed by atoms with Crippen LogP contribution in [0.15, 0.2) is 36.0 Å². The molecule has 1 N–H and O–H groups in total. The molecule has 0 saturated heterocycles. The fraction of sp³-hybridized carbons (Fsp3) is 0.263. The first-order valence-electron chi connectivity index (χ1n) is 7.68. The summed E-state index contributed by atoms with van der Waals surface area (Å²) in [7, 11) is 1.84. The average Bonchev–Trinajstić information content (AvgIpc) is 2.74. The molecule has 0 saturated carbocycles. The second-order valence-corrected chi connectivity index (χ2v) is 6.67. The zero-order chi connectivity index (χ0) is 16.4. The number of nitriles is 1. The number of nitrogens with zero attached hydrogens (tertiary/aromatic N) is 2. The number of rotatable bonds is 0.